The van der Waals surface area contributed by atoms with Crippen molar-refractivity contribution in [3.63, 3.8) is 0 Å². The molecule has 5 aromatic heterocycles. The maximum Gasteiger partial charge on any atom is 0.422 e. The normalized spacial score (nSPS) is 10.7. The number of nitrogens with two attached hydrogens (primary N) is 1. The molecule has 0 aliphatic heterocycles. The van der Waals surface area contributed by atoms with Crippen molar-refractivity contribution in [2.75, 3.05) is 41.3 Å². The van der Waals surface area contributed by atoms with Crippen molar-refractivity contribution in [2.24, 2.45) is 0 Å². The molecule has 0 fully saturated rings. The van der Waals surface area contributed by atoms with Crippen LogP contribution in [-0.4, -0.2) is 35.5 Å². The summed E-state index contributed by atoms with van der Waals surface area (Å²) in [4.78, 5) is 15.4. The van der Waals surface area contributed by atoms with Crippen molar-refractivity contribution >= 4 is 60.3 Å². The zero-order chi connectivity index (χ0) is 49.7. The lowest BCUT2D eigenvalue weighted by atomic mass is 10.1. The fourth-order valence-corrected chi connectivity index (χ4v) is 7.59. The van der Waals surface area contributed by atoms with Gasteiger partial charge in [-0.05, 0) is 79.9 Å². The molecule has 0 unspecified atom stereocenters. The average molecular weight is 940 g/mol. The van der Waals surface area contributed by atoms with E-state index in [1.54, 1.807) is 53.6 Å². The fraction of sp³-hybridized carbons (Fsp3) is 0.182. The molecule has 5 aromatic carbocycles. The molecular formula is C55H58F3N6O5+5. The maximum atomic E-state index is 12.8. The minimum atomic E-state index is -4.38. The number of hydrogen-bond donors (Lipinski definition) is 1. The second kappa shape index (κ2) is 23.0. The summed E-state index contributed by atoms with van der Waals surface area (Å²) in [6, 6.07) is 40.0. The molecule has 69 heavy (non-hydrogen) atoms. The Morgan fingerprint density at radius 1 is 0.406 bits per heavy atom. The predicted molar refractivity (Wildman–Crippen MR) is 264 cm³/mol. The zero-order valence-electron chi connectivity index (χ0n) is 40.1. The standard InChI is InChI=1S/C12H10F3NO.C11H12N2O.2C11H11NO.C10H9NO/c1-7-6-10(17-2)8-4-3-5-9(11(8)16-7)12(13,14)15;1-7-3-4-8-9(5-7)13-11(12)6-10(8)14-2;2*1-8-3-4-9-10(7-8)12-6-5-11(9)13-2;1-12-10-6-7-11-9-5-3-2-4-8(9)10/h3-6H,1-2H3;3-6H,1-2H3,(H2,12,13);2*3-7H,1-2H3;2-7H,1H3/p+5. The molecule has 354 valence electrons. The van der Waals surface area contributed by atoms with Crippen molar-refractivity contribution < 1.29 is 61.8 Å². The van der Waals surface area contributed by atoms with E-state index in [0.29, 0.717) is 22.6 Å². The molecule has 0 saturated carbocycles. The molecule has 0 amide bonds. The number of rotatable bonds is 5. The number of aryl methyl sites for hydroxylation is 4. The van der Waals surface area contributed by atoms with Crippen molar-refractivity contribution in [1.82, 2.24) is 0 Å². The zero-order valence-corrected chi connectivity index (χ0v) is 40.1. The lowest BCUT2D eigenvalue weighted by Gasteiger charge is -2.08. The molecule has 7 N–H and O–H groups in total. The van der Waals surface area contributed by atoms with Gasteiger partial charge < -0.3 is 23.7 Å². The molecule has 10 rings (SSSR count). The number of ether oxygens (including phenoxy) is 5. The Kier molecular flexibility index (Phi) is 16.7. The molecule has 0 atom stereocenters. The summed E-state index contributed by atoms with van der Waals surface area (Å²) in [6.07, 6.45) is 1.27. The van der Waals surface area contributed by atoms with Crippen LogP contribution in [0.2, 0.25) is 0 Å². The molecule has 14 heteroatoms. The molecule has 0 aliphatic rings. The molecule has 5 heterocycles. The number of aromatic amines is 5. The third kappa shape index (κ3) is 12.6. The SMILES string of the molecule is COc1cc(C)[nH+]c2c(C(F)(F)F)cccc12.COc1cc(N)[nH+]c2cc(C)ccc12.COc1cc[nH+]c2cc(C)ccc12.COc1cc[nH+]c2cc(C)ccc12.COc1cc[nH+]c2ccccc12. The summed E-state index contributed by atoms with van der Waals surface area (Å²) in [5, 5.41) is 4.83. The highest BCUT2D eigenvalue weighted by molar-refractivity contribution is 5.86. The summed E-state index contributed by atoms with van der Waals surface area (Å²) in [6.45, 7) is 7.89. The number of methoxy groups -OCH3 is 5. The van der Waals surface area contributed by atoms with Gasteiger partial charge in [0, 0.05) is 49.4 Å². The van der Waals surface area contributed by atoms with E-state index in [1.165, 1.54) is 29.9 Å². The van der Waals surface area contributed by atoms with Crippen LogP contribution in [0.1, 0.15) is 27.9 Å². The summed E-state index contributed by atoms with van der Waals surface area (Å²) >= 11 is 0. The molecule has 0 aliphatic carbocycles. The third-order valence-electron chi connectivity index (χ3n) is 10.9. The first kappa shape index (κ1) is 50.2. The van der Waals surface area contributed by atoms with Gasteiger partial charge in [0.2, 0.25) is 22.1 Å². The van der Waals surface area contributed by atoms with Crippen LogP contribution in [0.3, 0.4) is 0 Å². The van der Waals surface area contributed by atoms with Gasteiger partial charge in [0.1, 0.15) is 39.8 Å². The van der Waals surface area contributed by atoms with Gasteiger partial charge in [-0.15, -0.1) is 0 Å². The second-order valence-corrected chi connectivity index (χ2v) is 15.9. The van der Waals surface area contributed by atoms with Gasteiger partial charge in [-0.2, -0.15) is 13.2 Å². The minimum Gasteiger partial charge on any atom is -0.496 e. The van der Waals surface area contributed by atoms with Gasteiger partial charge in [0.25, 0.3) is 5.82 Å². The summed E-state index contributed by atoms with van der Waals surface area (Å²) in [5.41, 5.74) is 13.7. The van der Waals surface area contributed by atoms with Crippen LogP contribution in [0.5, 0.6) is 28.7 Å². The lowest BCUT2D eigenvalue weighted by molar-refractivity contribution is -0.357. The quantitative estimate of drug-likeness (QED) is 0.182. The molecule has 0 saturated heterocycles. The Bertz CT molecular complexity index is 3260. The first-order valence-corrected chi connectivity index (χ1v) is 21.8. The van der Waals surface area contributed by atoms with Crippen molar-refractivity contribution in [2.45, 2.75) is 33.9 Å². The molecular weight excluding hydrogens is 882 g/mol. The number of anilines is 1. The lowest BCUT2D eigenvalue weighted by Crippen LogP contribution is -2.16. The predicted octanol–water partition coefficient (Wildman–Crippen LogP) is 10.1. The van der Waals surface area contributed by atoms with Crippen molar-refractivity contribution in [3.05, 3.63) is 174 Å². The highest BCUT2D eigenvalue weighted by Gasteiger charge is 2.36. The van der Waals surface area contributed by atoms with Crippen LogP contribution in [0.15, 0.2) is 146 Å². The van der Waals surface area contributed by atoms with Crippen LogP contribution >= 0.6 is 0 Å². The van der Waals surface area contributed by atoms with E-state index in [9.17, 15) is 13.2 Å². The molecule has 0 bridgehead atoms. The van der Waals surface area contributed by atoms with Crippen molar-refractivity contribution in [1.29, 1.82) is 0 Å². The Hall–Kier alpha value is -8.26. The highest BCUT2D eigenvalue weighted by atomic mass is 19.4. The average Bonchev–Trinajstić information content (AvgIpc) is 3.35. The van der Waals surface area contributed by atoms with Crippen LogP contribution < -0.4 is 54.3 Å². The number of aromatic nitrogens is 5. The summed E-state index contributed by atoms with van der Waals surface area (Å²) < 4.78 is 64.5. The van der Waals surface area contributed by atoms with E-state index in [-0.39, 0.29) is 5.52 Å². The van der Waals surface area contributed by atoms with Gasteiger partial charge in [0.15, 0.2) is 24.3 Å². The molecule has 0 spiro atoms. The first-order chi connectivity index (χ1) is 33.2. The van der Waals surface area contributed by atoms with Crippen LogP contribution in [-0.2, 0) is 6.18 Å². The van der Waals surface area contributed by atoms with Crippen LogP contribution in [0.25, 0.3) is 54.5 Å². The summed E-state index contributed by atoms with van der Waals surface area (Å²) in [5.74, 6) is 4.57. The topological polar surface area (TPSA) is 143 Å². The number of nitrogens with one attached hydrogen (secondary N) is 5. The van der Waals surface area contributed by atoms with E-state index in [4.69, 9.17) is 29.4 Å². The first-order valence-electron chi connectivity index (χ1n) is 21.8. The van der Waals surface area contributed by atoms with Gasteiger partial charge in [-0.25, -0.2) is 24.9 Å². The summed E-state index contributed by atoms with van der Waals surface area (Å²) in [7, 11) is 8.15. The molecule has 0 radical (unpaired) electrons. The van der Waals surface area contributed by atoms with Crippen LogP contribution in [0, 0.1) is 27.7 Å². The third-order valence-corrected chi connectivity index (χ3v) is 10.9. The minimum absolute atomic E-state index is 0.0526. The second-order valence-electron chi connectivity index (χ2n) is 15.9. The highest BCUT2D eigenvalue weighted by Crippen LogP contribution is 2.35. The molecule has 11 nitrogen and oxygen atoms in total. The van der Waals surface area contributed by atoms with E-state index >= 15 is 0 Å². The Balaban J connectivity index is 0.000000142. The number of fused-ring (bicyclic) bond motifs is 5. The smallest absolute Gasteiger partial charge is 0.422 e. The van der Waals surface area contributed by atoms with Gasteiger partial charge in [0.05, 0.1) is 68.5 Å². The number of pyridine rings is 5. The van der Waals surface area contributed by atoms with E-state index in [1.807, 2.05) is 80.1 Å². The maximum absolute atomic E-state index is 12.8. The number of H-pyrrole nitrogens is 5. The number of para-hydroxylation sites is 2. The van der Waals surface area contributed by atoms with E-state index < -0.39 is 11.7 Å². The van der Waals surface area contributed by atoms with Gasteiger partial charge >= 0.3 is 6.18 Å². The number of hydrogen-bond acceptors (Lipinski definition) is 6. The number of alkyl halides is 3. The largest absolute Gasteiger partial charge is 0.496 e. The van der Waals surface area contributed by atoms with E-state index in [2.05, 4.69) is 81.2 Å². The van der Waals surface area contributed by atoms with Crippen LogP contribution in [0.4, 0.5) is 19.0 Å². The Morgan fingerprint density at radius 3 is 1.32 bits per heavy atom. The number of nitrogen functional groups attached to an aromatic ring is 1. The number of benzene rings is 5. The number of halogens is 3. The van der Waals surface area contributed by atoms with E-state index in [0.717, 1.165) is 72.7 Å². The Morgan fingerprint density at radius 2 is 0.826 bits per heavy atom. The van der Waals surface area contributed by atoms with Gasteiger partial charge in [-0.1, -0.05) is 36.4 Å². The monoisotopic (exact) mass is 939 g/mol. The molecule has 10 aromatic rings. The Labute approximate surface area is 398 Å². The van der Waals surface area contributed by atoms with Gasteiger partial charge in [-0.3, -0.25) is 5.73 Å². The van der Waals surface area contributed by atoms with Crippen molar-refractivity contribution in [3.8, 4) is 28.7 Å². The fourth-order valence-electron chi connectivity index (χ4n) is 7.59.